The van der Waals surface area contributed by atoms with Crippen LogP contribution in [0.3, 0.4) is 0 Å². The van der Waals surface area contributed by atoms with Crippen molar-refractivity contribution in [3.8, 4) is 0 Å². The largest absolute Gasteiger partial charge is 0.280 e. The Labute approximate surface area is 134 Å². The summed E-state index contributed by atoms with van der Waals surface area (Å²) in [6.07, 6.45) is 2.16. The highest BCUT2D eigenvalue weighted by Gasteiger charge is 2.20. The molecule has 0 saturated carbocycles. The lowest BCUT2D eigenvalue weighted by Crippen LogP contribution is -2.12. The van der Waals surface area contributed by atoms with Crippen LogP contribution in [0.15, 0.2) is 47.1 Å². The molecule has 0 radical (unpaired) electrons. The lowest BCUT2D eigenvalue weighted by molar-refractivity contribution is 0.0963. The number of aryl methyl sites for hydroxylation is 1. The molecular weight excluding hydrogens is 352 g/mol. The van der Waals surface area contributed by atoms with Gasteiger partial charge in [-0.1, -0.05) is 19.1 Å². The van der Waals surface area contributed by atoms with E-state index in [1.54, 1.807) is 30.5 Å². The van der Waals surface area contributed by atoms with Gasteiger partial charge in [0, 0.05) is 22.1 Å². The second kappa shape index (κ2) is 5.65. The predicted molar refractivity (Wildman–Crippen MR) is 85.1 cm³/mol. The van der Waals surface area contributed by atoms with Crippen LogP contribution in [0.4, 0.5) is 8.78 Å². The first-order valence-electron chi connectivity index (χ1n) is 6.81. The summed E-state index contributed by atoms with van der Waals surface area (Å²) >= 11 is 3.32. The molecule has 3 rings (SSSR count). The van der Waals surface area contributed by atoms with Crippen LogP contribution in [0.2, 0.25) is 0 Å². The maximum Gasteiger partial charge on any atom is 0.263 e. The number of nitrogens with zero attached hydrogens (tertiary/aromatic N) is 1. The van der Waals surface area contributed by atoms with Crippen molar-refractivity contribution in [2.24, 2.45) is 0 Å². The van der Waals surface area contributed by atoms with E-state index >= 15 is 0 Å². The number of hydrogen-bond donors (Lipinski definition) is 0. The molecule has 0 spiro atoms. The van der Waals surface area contributed by atoms with Crippen molar-refractivity contribution in [1.29, 1.82) is 0 Å². The van der Waals surface area contributed by atoms with Crippen molar-refractivity contribution >= 4 is 32.7 Å². The average Bonchev–Trinajstić information content (AvgIpc) is 2.86. The Balaban J connectivity index is 2.28. The predicted octanol–water partition coefficient (Wildman–Crippen LogP) is 4.93. The molecule has 2 aromatic carbocycles. The monoisotopic (exact) mass is 363 g/mol. The Morgan fingerprint density at radius 1 is 1.23 bits per heavy atom. The number of rotatable bonds is 2. The van der Waals surface area contributed by atoms with E-state index in [2.05, 4.69) is 15.9 Å². The van der Waals surface area contributed by atoms with Gasteiger partial charge in [0.1, 0.15) is 5.82 Å². The SMILES string of the molecule is CCc1cn(C(=O)c2ccccc2Br)c2c(F)cc(F)cc12. The van der Waals surface area contributed by atoms with Crippen LogP contribution >= 0.6 is 15.9 Å². The van der Waals surface area contributed by atoms with Gasteiger partial charge in [-0.05, 0) is 46.1 Å². The minimum atomic E-state index is -0.741. The number of aromatic nitrogens is 1. The molecule has 112 valence electrons. The first-order valence-corrected chi connectivity index (χ1v) is 7.60. The van der Waals surface area contributed by atoms with Gasteiger partial charge in [-0.25, -0.2) is 8.78 Å². The van der Waals surface area contributed by atoms with Gasteiger partial charge in [-0.3, -0.25) is 9.36 Å². The molecule has 1 aromatic heterocycles. The van der Waals surface area contributed by atoms with Gasteiger partial charge in [0.15, 0.2) is 5.82 Å². The lowest BCUT2D eigenvalue weighted by atomic mass is 10.1. The van der Waals surface area contributed by atoms with Crippen LogP contribution in [0, 0.1) is 11.6 Å². The van der Waals surface area contributed by atoms with Crippen LogP contribution in [-0.2, 0) is 6.42 Å². The molecule has 0 aliphatic rings. The summed E-state index contributed by atoms with van der Waals surface area (Å²) in [5.41, 5.74) is 1.26. The lowest BCUT2D eigenvalue weighted by Gasteiger charge is -2.06. The zero-order valence-electron chi connectivity index (χ0n) is 11.7. The zero-order valence-corrected chi connectivity index (χ0v) is 13.3. The Kier molecular flexibility index (Phi) is 3.83. The molecule has 5 heteroatoms. The molecule has 0 amide bonds. The summed E-state index contributed by atoms with van der Waals surface area (Å²) in [7, 11) is 0. The maximum atomic E-state index is 14.2. The molecule has 0 saturated heterocycles. The molecule has 0 unspecified atom stereocenters. The van der Waals surface area contributed by atoms with E-state index < -0.39 is 11.6 Å². The summed E-state index contributed by atoms with van der Waals surface area (Å²) in [6.45, 7) is 1.88. The molecular formula is C17H12BrF2NO. The Hall–Kier alpha value is -2.01. The number of carbonyl (C=O) groups excluding carboxylic acids is 1. The fourth-order valence-corrected chi connectivity index (χ4v) is 3.01. The normalized spacial score (nSPS) is 11.1. The molecule has 2 nitrogen and oxygen atoms in total. The quantitative estimate of drug-likeness (QED) is 0.632. The van der Waals surface area contributed by atoms with E-state index in [9.17, 15) is 13.6 Å². The van der Waals surface area contributed by atoms with Crippen molar-refractivity contribution < 1.29 is 13.6 Å². The maximum absolute atomic E-state index is 14.2. The van der Waals surface area contributed by atoms with Crippen LogP contribution in [0.25, 0.3) is 10.9 Å². The van der Waals surface area contributed by atoms with E-state index in [0.717, 1.165) is 11.6 Å². The first kappa shape index (κ1) is 14.9. The topological polar surface area (TPSA) is 22.0 Å². The number of hydrogen-bond acceptors (Lipinski definition) is 1. The van der Waals surface area contributed by atoms with Gasteiger partial charge in [0.25, 0.3) is 5.91 Å². The van der Waals surface area contributed by atoms with Crippen molar-refractivity contribution in [2.75, 3.05) is 0 Å². The molecule has 0 atom stereocenters. The minimum Gasteiger partial charge on any atom is -0.280 e. The molecule has 0 aliphatic carbocycles. The molecule has 0 fully saturated rings. The Bertz CT molecular complexity index is 886. The number of benzene rings is 2. The molecule has 0 bridgehead atoms. The Morgan fingerprint density at radius 3 is 2.64 bits per heavy atom. The summed E-state index contributed by atoms with van der Waals surface area (Å²) in [5, 5.41) is 0.431. The van der Waals surface area contributed by atoms with Crippen LogP contribution < -0.4 is 0 Å². The second-order valence-corrected chi connectivity index (χ2v) is 5.80. The standard InChI is InChI=1S/C17H12BrF2NO/c1-2-10-9-21(16-13(10)7-11(19)8-15(16)20)17(22)12-5-3-4-6-14(12)18/h3-9H,2H2,1H3. The van der Waals surface area contributed by atoms with Crippen LogP contribution in [0.1, 0.15) is 22.8 Å². The van der Waals surface area contributed by atoms with E-state index in [1.165, 1.54) is 10.6 Å². The molecule has 0 N–H and O–H groups in total. The summed E-state index contributed by atoms with van der Waals surface area (Å²) in [4.78, 5) is 12.7. The highest BCUT2D eigenvalue weighted by Crippen LogP contribution is 2.28. The van der Waals surface area contributed by atoms with Gasteiger partial charge in [-0.15, -0.1) is 0 Å². The van der Waals surface area contributed by atoms with Crippen LogP contribution in [-0.4, -0.2) is 10.5 Å². The smallest absolute Gasteiger partial charge is 0.263 e. The minimum absolute atomic E-state index is 0.110. The summed E-state index contributed by atoms with van der Waals surface area (Å²) in [5.74, 6) is -1.75. The van der Waals surface area contributed by atoms with Crippen molar-refractivity contribution in [3.63, 3.8) is 0 Å². The molecule has 22 heavy (non-hydrogen) atoms. The third-order valence-electron chi connectivity index (χ3n) is 3.60. The van der Waals surface area contributed by atoms with Gasteiger partial charge in [0.2, 0.25) is 0 Å². The van der Waals surface area contributed by atoms with E-state index in [0.29, 0.717) is 21.8 Å². The van der Waals surface area contributed by atoms with Gasteiger partial charge in [-0.2, -0.15) is 0 Å². The fraction of sp³-hybridized carbons (Fsp3) is 0.118. The Morgan fingerprint density at radius 2 is 1.95 bits per heavy atom. The molecule has 3 aromatic rings. The summed E-state index contributed by atoms with van der Waals surface area (Å²) < 4.78 is 29.6. The highest BCUT2D eigenvalue weighted by atomic mass is 79.9. The number of fused-ring (bicyclic) bond motifs is 1. The third kappa shape index (κ3) is 2.35. The van der Waals surface area contributed by atoms with Crippen molar-refractivity contribution in [1.82, 2.24) is 4.57 Å². The summed E-state index contributed by atoms with van der Waals surface area (Å²) in [6, 6.07) is 9.00. The fourth-order valence-electron chi connectivity index (χ4n) is 2.55. The second-order valence-electron chi connectivity index (χ2n) is 4.95. The van der Waals surface area contributed by atoms with E-state index in [-0.39, 0.29) is 11.4 Å². The van der Waals surface area contributed by atoms with E-state index in [1.807, 2.05) is 6.92 Å². The molecule has 1 heterocycles. The van der Waals surface area contributed by atoms with Crippen molar-refractivity contribution in [3.05, 3.63) is 69.8 Å². The van der Waals surface area contributed by atoms with Crippen LogP contribution in [0.5, 0.6) is 0 Å². The van der Waals surface area contributed by atoms with Gasteiger partial charge < -0.3 is 0 Å². The average molecular weight is 364 g/mol. The number of halogens is 3. The molecule has 0 aliphatic heterocycles. The highest BCUT2D eigenvalue weighted by molar-refractivity contribution is 9.10. The zero-order chi connectivity index (χ0) is 15.9. The van der Waals surface area contributed by atoms with Gasteiger partial charge >= 0.3 is 0 Å². The number of carbonyl (C=O) groups is 1. The first-order chi connectivity index (χ1) is 10.5. The van der Waals surface area contributed by atoms with E-state index in [4.69, 9.17) is 0 Å². The third-order valence-corrected chi connectivity index (χ3v) is 4.30. The van der Waals surface area contributed by atoms with Gasteiger partial charge in [0.05, 0.1) is 11.1 Å². The van der Waals surface area contributed by atoms with Crippen molar-refractivity contribution in [2.45, 2.75) is 13.3 Å².